The second-order valence-corrected chi connectivity index (χ2v) is 3.50. The fourth-order valence-corrected chi connectivity index (χ4v) is 1.28. The summed E-state index contributed by atoms with van der Waals surface area (Å²) in [4.78, 5) is 0. The minimum Gasteiger partial charge on any atom is -0.207 e. The van der Waals surface area contributed by atoms with E-state index < -0.39 is 0 Å². The van der Waals surface area contributed by atoms with Crippen molar-refractivity contribution in [2.45, 2.75) is 26.2 Å². The van der Waals surface area contributed by atoms with Crippen LogP contribution in [0.3, 0.4) is 0 Å². The average Bonchev–Trinajstić information content (AvgIpc) is 2.11. The van der Waals surface area contributed by atoms with Crippen LogP contribution in [0.1, 0.15) is 31.7 Å². The molecule has 0 amide bonds. The van der Waals surface area contributed by atoms with Crippen LogP contribution in [-0.4, -0.2) is 0 Å². The molecule has 0 bridgehead atoms. The van der Waals surface area contributed by atoms with Crippen LogP contribution in [0.5, 0.6) is 0 Å². The molecule has 0 atom stereocenters. The van der Waals surface area contributed by atoms with Crippen molar-refractivity contribution in [2.75, 3.05) is 0 Å². The number of unbranched alkanes of at least 4 members (excludes halogenated alkanes) is 2. The smallest absolute Gasteiger partial charge is 0.125 e. The summed E-state index contributed by atoms with van der Waals surface area (Å²) in [5.74, 6) is 5.53. The maximum atomic E-state index is 12.9. The zero-order valence-corrected chi connectivity index (χ0v) is 8.87. The average molecular weight is 211 g/mol. The van der Waals surface area contributed by atoms with Gasteiger partial charge in [-0.1, -0.05) is 36.8 Å². The Kier molecular flexibility index (Phi) is 4.49. The zero-order valence-electron chi connectivity index (χ0n) is 8.11. The predicted molar refractivity (Wildman–Crippen MR) is 57.8 cm³/mol. The van der Waals surface area contributed by atoms with Gasteiger partial charge in [0.25, 0.3) is 0 Å². The van der Waals surface area contributed by atoms with Crippen molar-refractivity contribution < 1.29 is 4.39 Å². The molecule has 0 spiro atoms. The number of rotatable bonds is 2. The second-order valence-electron chi connectivity index (χ2n) is 3.06. The zero-order chi connectivity index (χ0) is 10.4. The maximum absolute atomic E-state index is 12.9. The number of hydrogen-bond donors (Lipinski definition) is 0. The Morgan fingerprint density at radius 2 is 2.14 bits per heavy atom. The fraction of sp³-hybridized carbons (Fsp3) is 0.333. The van der Waals surface area contributed by atoms with Gasteiger partial charge >= 0.3 is 0 Å². The van der Waals surface area contributed by atoms with Gasteiger partial charge in [0, 0.05) is 17.0 Å². The first-order chi connectivity index (χ1) is 6.72. The molecule has 0 radical (unpaired) electrons. The van der Waals surface area contributed by atoms with Gasteiger partial charge in [-0.25, -0.2) is 4.39 Å². The van der Waals surface area contributed by atoms with E-state index in [2.05, 4.69) is 18.8 Å². The summed E-state index contributed by atoms with van der Waals surface area (Å²) in [6, 6.07) is 4.34. The predicted octanol–water partition coefficient (Wildman–Crippen LogP) is 4.02. The minimum atomic E-state index is -0.336. The molecule has 0 heterocycles. The second kappa shape index (κ2) is 5.67. The number of benzene rings is 1. The molecule has 0 nitrogen and oxygen atoms in total. The van der Waals surface area contributed by atoms with Crippen molar-refractivity contribution >= 4 is 11.6 Å². The lowest BCUT2D eigenvalue weighted by molar-refractivity contribution is 0.627. The van der Waals surface area contributed by atoms with E-state index in [1.807, 2.05) is 0 Å². The first kappa shape index (κ1) is 11.1. The van der Waals surface area contributed by atoms with E-state index in [-0.39, 0.29) is 5.82 Å². The summed E-state index contributed by atoms with van der Waals surface area (Å²) in [7, 11) is 0. The molecule has 0 aliphatic rings. The highest BCUT2D eigenvalue weighted by molar-refractivity contribution is 6.30. The van der Waals surface area contributed by atoms with Gasteiger partial charge in [-0.3, -0.25) is 0 Å². The van der Waals surface area contributed by atoms with Crippen LogP contribution in [0.4, 0.5) is 4.39 Å². The Balaban J connectivity index is 2.69. The van der Waals surface area contributed by atoms with E-state index in [0.717, 1.165) is 19.3 Å². The maximum Gasteiger partial charge on any atom is 0.125 e. The molecule has 0 unspecified atom stereocenters. The van der Waals surface area contributed by atoms with E-state index in [0.29, 0.717) is 10.6 Å². The largest absolute Gasteiger partial charge is 0.207 e. The monoisotopic (exact) mass is 210 g/mol. The fourth-order valence-electron chi connectivity index (χ4n) is 1.06. The van der Waals surface area contributed by atoms with Gasteiger partial charge in [0.05, 0.1) is 0 Å². The first-order valence-electron chi connectivity index (χ1n) is 4.67. The van der Waals surface area contributed by atoms with Gasteiger partial charge in [0.15, 0.2) is 0 Å². The lowest BCUT2D eigenvalue weighted by Crippen LogP contribution is -1.79. The van der Waals surface area contributed by atoms with E-state index >= 15 is 0 Å². The third-order valence-corrected chi connectivity index (χ3v) is 1.97. The van der Waals surface area contributed by atoms with Crippen LogP contribution in [0.2, 0.25) is 5.02 Å². The SMILES string of the molecule is CCCCC#Cc1cc(F)cc(Cl)c1. The molecule has 74 valence electrons. The molecule has 0 aromatic heterocycles. The molecule has 0 saturated heterocycles. The molecule has 0 aliphatic heterocycles. The topological polar surface area (TPSA) is 0 Å². The first-order valence-corrected chi connectivity index (χ1v) is 5.05. The molecule has 2 heteroatoms. The van der Waals surface area contributed by atoms with Gasteiger partial charge < -0.3 is 0 Å². The van der Waals surface area contributed by atoms with Gasteiger partial charge in [0.1, 0.15) is 5.82 Å². The highest BCUT2D eigenvalue weighted by Crippen LogP contribution is 2.13. The Hall–Kier alpha value is -1.00. The van der Waals surface area contributed by atoms with E-state index in [1.54, 1.807) is 6.07 Å². The number of halogens is 2. The van der Waals surface area contributed by atoms with Gasteiger partial charge in [-0.05, 0) is 24.6 Å². The molecular formula is C12H12ClF. The van der Waals surface area contributed by atoms with Crippen LogP contribution < -0.4 is 0 Å². The quantitative estimate of drug-likeness (QED) is 0.511. The highest BCUT2D eigenvalue weighted by atomic mass is 35.5. The van der Waals surface area contributed by atoms with Gasteiger partial charge in [0.2, 0.25) is 0 Å². The van der Waals surface area contributed by atoms with Crippen LogP contribution in [0.15, 0.2) is 18.2 Å². The summed E-state index contributed by atoms with van der Waals surface area (Å²) in [5.41, 5.74) is 0.645. The summed E-state index contributed by atoms with van der Waals surface area (Å²) >= 11 is 5.68. The third kappa shape index (κ3) is 3.81. The Morgan fingerprint density at radius 3 is 2.79 bits per heavy atom. The normalized spacial score (nSPS) is 9.36. The molecule has 0 fully saturated rings. The molecule has 0 saturated carbocycles. The lowest BCUT2D eigenvalue weighted by atomic mass is 10.2. The van der Waals surface area contributed by atoms with Crippen LogP contribution in [0, 0.1) is 17.7 Å². The van der Waals surface area contributed by atoms with E-state index in [1.165, 1.54) is 12.1 Å². The third-order valence-electron chi connectivity index (χ3n) is 1.75. The summed E-state index contributed by atoms with van der Waals surface area (Å²) in [6.45, 7) is 2.11. The molecule has 0 aliphatic carbocycles. The highest BCUT2D eigenvalue weighted by Gasteiger charge is 1.95. The number of hydrogen-bond acceptors (Lipinski definition) is 0. The van der Waals surface area contributed by atoms with Gasteiger partial charge in [-0.15, -0.1) is 0 Å². The molecule has 1 aromatic rings. The summed E-state index contributed by atoms with van der Waals surface area (Å²) in [6.07, 6.45) is 3.05. The van der Waals surface area contributed by atoms with E-state index in [9.17, 15) is 4.39 Å². The molecule has 1 aromatic carbocycles. The van der Waals surface area contributed by atoms with Crippen molar-refractivity contribution in [1.29, 1.82) is 0 Å². The van der Waals surface area contributed by atoms with Crippen molar-refractivity contribution in [2.24, 2.45) is 0 Å². The molecule has 1 rings (SSSR count). The molecule has 14 heavy (non-hydrogen) atoms. The van der Waals surface area contributed by atoms with Gasteiger partial charge in [-0.2, -0.15) is 0 Å². The minimum absolute atomic E-state index is 0.336. The van der Waals surface area contributed by atoms with Crippen molar-refractivity contribution in [3.63, 3.8) is 0 Å². The van der Waals surface area contributed by atoms with Crippen LogP contribution in [0.25, 0.3) is 0 Å². The standard InChI is InChI=1S/C12H12ClF/c1-2-3-4-5-6-10-7-11(13)9-12(14)8-10/h7-9H,2-4H2,1H3. The van der Waals surface area contributed by atoms with Crippen molar-refractivity contribution in [3.05, 3.63) is 34.6 Å². The lowest BCUT2D eigenvalue weighted by Gasteiger charge is -1.93. The van der Waals surface area contributed by atoms with Crippen molar-refractivity contribution in [3.8, 4) is 11.8 Å². The Labute approximate surface area is 89.1 Å². The molecule has 0 N–H and O–H groups in total. The Bertz CT molecular complexity index is 340. The van der Waals surface area contributed by atoms with Crippen LogP contribution >= 0.6 is 11.6 Å². The molecular weight excluding hydrogens is 199 g/mol. The van der Waals surface area contributed by atoms with Crippen molar-refractivity contribution in [1.82, 2.24) is 0 Å². The summed E-state index contributed by atoms with van der Waals surface area (Å²) < 4.78 is 12.9. The van der Waals surface area contributed by atoms with Crippen LogP contribution in [-0.2, 0) is 0 Å². The summed E-state index contributed by atoms with van der Waals surface area (Å²) in [5, 5.41) is 0.393. The Morgan fingerprint density at radius 1 is 1.36 bits per heavy atom. The van der Waals surface area contributed by atoms with E-state index in [4.69, 9.17) is 11.6 Å².